The van der Waals surface area contributed by atoms with E-state index in [1.165, 1.54) is 37.7 Å². The van der Waals surface area contributed by atoms with Crippen LogP contribution in [0.4, 0.5) is 0 Å². The minimum absolute atomic E-state index is 0.622. The largest absolute Gasteiger partial charge is 0.497 e. The molecule has 2 nitrogen and oxygen atoms in total. The van der Waals surface area contributed by atoms with Gasteiger partial charge in [0.15, 0.2) is 0 Å². The molecule has 1 aromatic rings. The van der Waals surface area contributed by atoms with E-state index in [1.807, 2.05) is 6.07 Å². The van der Waals surface area contributed by atoms with Crippen molar-refractivity contribution in [3.63, 3.8) is 0 Å². The highest BCUT2D eigenvalue weighted by molar-refractivity contribution is 5.28. The van der Waals surface area contributed by atoms with Crippen molar-refractivity contribution in [1.29, 1.82) is 0 Å². The lowest BCUT2D eigenvalue weighted by Gasteiger charge is -2.28. The first-order valence-corrected chi connectivity index (χ1v) is 7.16. The van der Waals surface area contributed by atoms with Crippen LogP contribution in [-0.4, -0.2) is 13.2 Å². The van der Waals surface area contributed by atoms with Gasteiger partial charge >= 0.3 is 0 Å². The van der Waals surface area contributed by atoms with E-state index in [0.717, 1.165) is 18.2 Å². The van der Waals surface area contributed by atoms with Crippen LogP contribution in [0.3, 0.4) is 0 Å². The molecule has 2 rings (SSSR count). The number of methoxy groups -OCH3 is 1. The van der Waals surface area contributed by atoms with Gasteiger partial charge in [-0.15, -0.1) is 0 Å². The normalized spacial score (nSPS) is 18.6. The molecule has 18 heavy (non-hydrogen) atoms. The summed E-state index contributed by atoms with van der Waals surface area (Å²) in [4.78, 5) is 0. The van der Waals surface area contributed by atoms with Gasteiger partial charge in [0, 0.05) is 12.6 Å². The zero-order valence-electron chi connectivity index (χ0n) is 11.6. The van der Waals surface area contributed by atoms with Gasteiger partial charge in [-0.25, -0.2) is 0 Å². The molecule has 0 radical (unpaired) electrons. The average Bonchev–Trinajstić information content (AvgIpc) is 2.46. The molecule has 1 saturated carbocycles. The van der Waals surface area contributed by atoms with Crippen LogP contribution in [-0.2, 0) is 6.54 Å². The second-order valence-corrected chi connectivity index (χ2v) is 5.42. The third kappa shape index (κ3) is 3.74. The van der Waals surface area contributed by atoms with E-state index >= 15 is 0 Å². The van der Waals surface area contributed by atoms with Crippen LogP contribution < -0.4 is 10.1 Å². The van der Waals surface area contributed by atoms with Gasteiger partial charge < -0.3 is 10.1 Å². The summed E-state index contributed by atoms with van der Waals surface area (Å²) in [7, 11) is 1.72. The highest BCUT2D eigenvalue weighted by Gasteiger charge is 2.19. The summed E-state index contributed by atoms with van der Waals surface area (Å²) in [6.45, 7) is 3.27. The van der Waals surface area contributed by atoms with E-state index in [1.54, 1.807) is 7.11 Å². The molecule has 0 spiro atoms. The third-order valence-corrected chi connectivity index (χ3v) is 4.12. The molecule has 1 aliphatic rings. The molecule has 2 heteroatoms. The van der Waals surface area contributed by atoms with Gasteiger partial charge in [0.2, 0.25) is 0 Å². The van der Waals surface area contributed by atoms with E-state index in [0.29, 0.717) is 6.04 Å². The highest BCUT2D eigenvalue weighted by Crippen LogP contribution is 2.26. The fourth-order valence-electron chi connectivity index (χ4n) is 2.86. The van der Waals surface area contributed by atoms with E-state index in [-0.39, 0.29) is 0 Å². The number of nitrogens with one attached hydrogen (secondary N) is 1. The van der Waals surface area contributed by atoms with Crippen molar-refractivity contribution in [3.8, 4) is 5.75 Å². The van der Waals surface area contributed by atoms with Gasteiger partial charge in [0.05, 0.1) is 7.11 Å². The van der Waals surface area contributed by atoms with Crippen molar-refractivity contribution in [1.82, 2.24) is 5.32 Å². The molecule has 0 aliphatic heterocycles. The van der Waals surface area contributed by atoms with Gasteiger partial charge in [-0.3, -0.25) is 0 Å². The molecule has 0 heterocycles. The molecule has 1 aromatic carbocycles. The molecule has 1 fully saturated rings. The van der Waals surface area contributed by atoms with Crippen molar-refractivity contribution in [2.45, 2.75) is 51.6 Å². The molecular formula is C16H25NO. The van der Waals surface area contributed by atoms with Gasteiger partial charge in [0.1, 0.15) is 5.75 Å². The third-order valence-electron chi connectivity index (χ3n) is 4.12. The maximum Gasteiger partial charge on any atom is 0.119 e. The molecular weight excluding hydrogens is 222 g/mol. The second kappa shape index (κ2) is 6.79. The molecule has 0 amide bonds. The van der Waals surface area contributed by atoms with Crippen LogP contribution in [0.25, 0.3) is 0 Å². The summed E-state index contributed by atoms with van der Waals surface area (Å²) in [6, 6.07) is 8.94. The lowest BCUT2D eigenvalue weighted by Crippen LogP contribution is -2.34. The number of hydrogen-bond acceptors (Lipinski definition) is 2. The first-order valence-electron chi connectivity index (χ1n) is 7.16. The molecule has 1 atom stereocenters. The van der Waals surface area contributed by atoms with Crippen LogP contribution in [0.15, 0.2) is 24.3 Å². The molecule has 1 unspecified atom stereocenters. The average molecular weight is 247 g/mol. The zero-order chi connectivity index (χ0) is 12.8. The first-order chi connectivity index (χ1) is 8.79. The van der Waals surface area contributed by atoms with Crippen LogP contribution in [0, 0.1) is 5.92 Å². The number of ether oxygens (including phenoxy) is 1. The van der Waals surface area contributed by atoms with Crippen molar-refractivity contribution in [3.05, 3.63) is 29.8 Å². The number of rotatable bonds is 5. The standard InChI is InChI=1S/C16H25NO/c1-13(15-8-4-3-5-9-15)17-12-14-7-6-10-16(11-14)18-2/h6-7,10-11,13,15,17H,3-5,8-9,12H2,1-2H3. The first kappa shape index (κ1) is 13.4. The SMILES string of the molecule is COc1cccc(CNC(C)C2CCCCC2)c1. The van der Waals surface area contributed by atoms with Crippen molar-refractivity contribution < 1.29 is 4.74 Å². The summed E-state index contributed by atoms with van der Waals surface area (Å²) in [6.07, 6.45) is 7.04. The van der Waals surface area contributed by atoms with Crippen LogP contribution in [0.1, 0.15) is 44.6 Å². The van der Waals surface area contributed by atoms with E-state index in [9.17, 15) is 0 Å². The number of hydrogen-bond donors (Lipinski definition) is 1. The molecule has 1 N–H and O–H groups in total. The predicted octanol–water partition coefficient (Wildman–Crippen LogP) is 3.75. The predicted molar refractivity (Wildman–Crippen MR) is 75.9 cm³/mol. The lowest BCUT2D eigenvalue weighted by atomic mass is 9.84. The summed E-state index contributed by atoms with van der Waals surface area (Å²) in [5, 5.41) is 3.66. The van der Waals surface area contributed by atoms with E-state index in [2.05, 4.69) is 30.4 Å². The van der Waals surface area contributed by atoms with Crippen molar-refractivity contribution >= 4 is 0 Å². The van der Waals surface area contributed by atoms with Crippen LogP contribution in [0.2, 0.25) is 0 Å². The fourth-order valence-corrected chi connectivity index (χ4v) is 2.86. The fraction of sp³-hybridized carbons (Fsp3) is 0.625. The van der Waals surface area contributed by atoms with E-state index < -0.39 is 0 Å². The zero-order valence-corrected chi connectivity index (χ0v) is 11.6. The van der Waals surface area contributed by atoms with Crippen molar-refractivity contribution in [2.24, 2.45) is 5.92 Å². The molecule has 0 aromatic heterocycles. The second-order valence-electron chi connectivity index (χ2n) is 5.42. The van der Waals surface area contributed by atoms with E-state index in [4.69, 9.17) is 4.74 Å². The summed E-state index contributed by atoms with van der Waals surface area (Å²) in [5.41, 5.74) is 1.30. The Bertz CT molecular complexity index is 358. The van der Waals surface area contributed by atoms with Gasteiger partial charge in [-0.05, 0) is 43.4 Å². The van der Waals surface area contributed by atoms with Crippen LogP contribution >= 0.6 is 0 Å². The van der Waals surface area contributed by atoms with Gasteiger partial charge in [0.25, 0.3) is 0 Å². The van der Waals surface area contributed by atoms with Crippen molar-refractivity contribution in [2.75, 3.05) is 7.11 Å². The Morgan fingerprint density at radius 1 is 1.28 bits per heavy atom. The minimum atomic E-state index is 0.622. The molecule has 100 valence electrons. The molecule has 0 saturated heterocycles. The Kier molecular flexibility index (Phi) is 5.06. The molecule has 0 bridgehead atoms. The topological polar surface area (TPSA) is 21.3 Å². The Morgan fingerprint density at radius 2 is 2.06 bits per heavy atom. The lowest BCUT2D eigenvalue weighted by molar-refractivity contribution is 0.280. The Morgan fingerprint density at radius 3 is 2.78 bits per heavy atom. The smallest absolute Gasteiger partial charge is 0.119 e. The van der Waals surface area contributed by atoms with Crippen LogP contribution in [0.5, 0.6) is 5.75 Å². The van der Waals surface area contributed by atoms with Gasteiger partial charge in [-0.2, -0.15) is 0 Å². The highest BCUT2D eigenvalue weighted by atomic mass is 16.5. The maximum absolute atomic E-state index is 5.25. The number of benzene rings is 1. The Hall–Kier alpha value is -1.02. The summed E-state index contributed by atoms with van der Waals surface area (Å²) < 4.78 is 5.25. The minimum Gasteiger partial charge on any atom is -0.497 e. The summed E-state index contributed by atoms with van der Waals surface area (Å²) in [5.74, 6) is 1.81. The Balaban J connectivity index is 1.82. The maximum atomic E-state index is 5.25. The Labute approximate surface area is 111 Å². The monoisotopic (exact) mass is 247 g/mol. The summed E-state index contributed by atoms with van der Waals surface area (Å²) >= 11 is 0. The molecule has 1 aliphatic carbocycles. The quantitative estimate of drug-likeness (QED) is 0.855. The van der Waals surface area contributed by atoms with Gasteiger partial charge in [-0.1, -0.05) is 31.4 Å².